The first-order valence-electron chi connectivity index (χ1n) is 9.51. The summed E-state index contributed by atoms with van der Waals surface area (Å²) in [5, 5.41) is 0.202. The Balaban J connectivity index is 3.05. The van der Waals surface area contributed by atoms with Gasteiger partial charge in [0.15, 0.2) is 8.32 Å². The number of hydrogen-bond donors (Lipinski definition) is 0. The van der Waals surface area contributed by atoms with Gasteiger partial charge in [-0.25, -0.2) is 0 Å². The zero-order chi connectivity index (χ0) is 20.4. The molecule has 0 aliphatic carbocycles. The summed E-state index contributed by atoms with van der Waals surface area (Å²) in [7, 11) is -3.94. The van der Waals surface area contributed by atoms with Crippen LogP contribution in [0.3, 0.4) is 0 Å². The first-order valence-corrected chi connectivity index (χ1v) is 15.3. The molecule has 0 amide bonds. The van der Waals surface area contributed by atoms with Crippen LogP contribution in [0.25, 0.3) is 0 Å². The summed E-state index contributed by atoms with van der Waals surface area (Å²) in [5.41, 5.74) is 1.05. The fraction of sp³-hybridized carbons (Fsp3) is 0.667. The molecule has 0 fully saturated rings. The van der Waals surface area contributed by atoms with Gasteiger partial charge in [0.1, 0.15) is 18.1 Å². The van der Waals surface area contributed by atoms with Gasteiger partial charge in [-0.1, -0.05) is 59.7 Å². The fourth-order valence-electron chi connectivity index (χ4n) is 2.09. The average Bonchev–Trinajstić information content (AvgIpc) is 2.45. The van der Waals surface area contributed by atoms with Crippen LogP contribution in [0.1, 0.15) is 47.1 Å². The summed E-state index contributed by atoms with van der Waals surface area (Å²) in [5.74, 6) is 0.893. The van der Waals surface area contributed by atoms with Crippen molar-refractivity contribution in [3.63, 3.8) is 0 Å². The van der Waals surface area contributed by atoms with Crippen LogP contribution in [0.4, 0.5) is 0 Å². The molecule has 0 aliphatic rings. The Kier molecular flexibility index (Phi) is 7.10. The number of benzene rings is 1. The van der Waals surface area contributed by atoms with E-state index in [4.69, 9.17) is 8.85 Å². The molecule has 5 heteroatoms. The van der Waals surface area contributed by atoms with E-state index >= 15 is 0 Å². The smallest absolute Gasteiger partial charge is 0.250 e. The second-order valence-corrected chi connectivity index (χ2v) is 19.7. The van der Waals surface area contributed by atoms with Crippen molar-refractivity contribution in [2.45, 2.75) is 90.3 Å². The highest BCUT2D eigenvalue weighted by molar-refractivity contribution is 6.75. The molecular formula is C21H38O3Si2. The lowest BCUT2D eigenvalue weighted by atomic mass is 10.1. The van der Waals surface area contributed by atoms with E-state index in [1.807, 2.05) is 24.3 Å². The van der Waals surface area contributed by atoms with Crippen LogP contribution in [0.5, 0.6) is 5.75 Å². The molecule has 0 radical (unpaired) electrons. The van der Waals surface area contributed by atoms with Gasteiger partial charge in [0.25, 0.3) is 0 Å². The number of hydrogen-bond acceptors (Lipinski definition) is 3. The van der Waals surface area contributed by atoms with Crippen molar-refractivity contribution >= 4 is 22.9 Å². The van der Waals surface area contributed by atoms with Crippen LogP contribution in [0, 0.1) is 0 Å². The third kappa shape index (κ3) is 5.79. The quantitative estimate of drug-likeness (QED) is 0.408. The van der Waals surface area contributed by atoms with Crippen molar-refractivity contribution in [2.24, 2.45) is 0 Å². The van der Waals surface area contributed by atoms with Crippen molar-refractivity contribution in [1.29, 1.82) is 0 Å². The van der Waals surface area contributed by atoms with Gasteiger partial charge in [-0.3, -0.25) is 0 Å². The zero-order valence-electron chi connectivity index (χ0n) is 18.4. The Labute approximate surface area is 162 Å². The van der Waals surface area contributed by atoms with Crippen LogP contribution >= 0.6 is 0 Å². The molecule has 0 bridgehead atoms. The number of rotatable bonds is 7. The van der Waals surface area contributed by atoms with Crippen molar-refractivity contribution in [3.05, 3.63) is 29.8 Å². The van der Waals surface area contributed by atoms with E-state index in [1.165, 1.54) is 0 Å². The molecule has 3 nitrogen and oxygen atoms in total. The van der Waals surface area contributed by atoms with E-state index in [0.717, 1.165) is 17.6 Å². The molecule has 148 valence electrons. The Hall–Kier alpha value is -0.916. The van der Waals surface area contributed by atoms with Gasteiger partial charge in [-0.15, -0.1) is 0 Å². The van der Waals surface area contributed by atoms with Crippen LogP contribution < -0.4 is 4.43 Å². The van der Waals surface area contributed by atoms with Gasteiger partial charge in [-0.2, -0.15) is 0 Å². The number of carbonyl (C=O) groups is 1. The van der Waals surface area contributed by atoms with Gasteiger partial charge in [0.2, 0.25) is 8.32 Å². The van der Waals surface area contributed by atoms with Crippen LogP contribution in [0.2, 0.25) is 36.3 Å². The van der Waals surface area contributed by atoms with Gasteiger partial charge in [0, 0.05) is 6.42 Å². The molecule has 0 aliphatic heterocycles. The van der Waals surface area contributed by atoms with E-state index in [9.17, 15) is 4.79 Å². The molecule has 1 aromatic rings. The highest BCUT2D eigenvalue weighted by Gasteiger charge is 2.40. The van der Waals surface area contributed by atoms with Crippen molar-refractivity contribution in [2.75, 3.05) is 0 Å². The van der Waals surface area contributed by atoms with Gasteiger partial charge < -0.3 is 13.6 Å². The maximum Gasteiger partial charge on any atom is 0.250 e. The fourth-order valence-corrected chi connectivity index (χ4v) is 4.39. The average molecular weight is 395 g/mol. The first kappa shape index (κ1) is 23.1. The van der Waals surface area contributed by atoms with Gasteiger partial charge in [0.05, 0.1) is 0 Å². The predicted molar refractivity (Wildman–Crippen MR) is 116 cm³/mol. The van der Waals surface area contributed by atoms with Crippen LogP contribution in [-0.2, 0) is 15.6 Å². The summed E-state index contributed by atoms with van der Waals surface area (Å²) < 4.78 is 12.9. The molecule has 0 aromatic heterocycles. The minimum Gasteiger partial charge on any atom is -0.543 e. The Morgan fingerprint density at radius 3 is 1.88 bits per heavy atom. The third-order valence-electron chi connectivity index (χ3n) is 5.97. The van der Waals surface area contributed by atoms with Gasteiger partial charge >= 0.3 is 0 Å². The lowest BCUT2D eigenvalue weighted by Gasteiger charge is -2.39. The summed E-state index contributed by atoms with van der Waals surface area (Å²) >= 11 is 0. The highest BCUT2D eigenvalue weighted by Crippen LogP contribution is 2.39. The normalized spacial score (nSPS) is 14.8. The predicted octanol–water partition coefficient (Wildman–Crippen LogP) is 6.20. The van der Waals surface area contributed by atoms with Crippen LogP contribution in [-0.4, -0.2) is 29.0 Å². The molecule has 1 atom stereocenters. The van der Waals surface area contributed by atoms with E-state index in [2.05, 4.69) is 67.7 Å². The largest absolute Gasteiger partial charge is 0.543 e. The number of carbonyl (C=O) groups excluding carboxylic acids is 1. The third-order valence-corrected chi connectivity index (χ3v) is 14.8. The number of aldehydes is 1. The van der Waals surface area contributed by atoms with E-state index < -0.39 is 22.7 Å². The van der Waals surface area contributed by atoms with E-state index in [-0.39, 0.29) is 10.1 Å². The second kappa shape index (κ2) is 7.99. The summed E-state index contributed by atoms with van der Waals surface area (Å²) in [4.78, 5) is 11.7. The van der Waals surface area contributed by atoms with Crippen molar-refractivity contribution in [1.82, 2.24) is 0 Å². The molecule has 0 saturated carbocycles. The molecule has 0 heterocycles. The molecule has 1 rings (SSSR count). The van der Waals surface area contributed by atoms with Gasteiger partial charge in [-0.05, 0) is 47.9 Å². The maximum absolute atomic E-state index is 11.7. The summed E-state index contributed by atoms with van der Waals surface area (Å²) in [6.45, 7) is 22.1. The van der Waals surface area contributed by atoms with E-state index in [1.54, 1.807) is 0 Å². The Bertz CT molecular complexity index is 610. The maximum atomic E-state index is 11.7. The molecule has 1 aromatic carbocycles. The number of para-hydroxylation sites is 1. The van der Waals surface area contributed by atoms with Crippen molar-refractivity contribution in [3.8, 4) is 5.75 Å². The van der Waals surface area contributed by atoms with E-state index in [0.29, 0.717) is 6.42 Å². The molecule has 26 heavy (non-hydrogen) atoms. The molecule has 0 saturated heterocycles. The Morgan fingerprint density at radius 1 is 0.923 bits per heavy atom. The zero-order valence-corrected chi connectivity index (χ0v) is 20.4. The monoisotopic (exact) mass is 394 g/mol. The summed E-state index contributed by atoms with van der Waals surface area (Å²) in [6.07, 6.45) is 1.07. The molecule has 1 unspecified atom stereocenters. The lowest BCUT2D eigenvalue weighted by molar-refractivity contribution is -0.114. The highest BCUT2D eigenvalue weighted by atomic mass is 28.4. The Morgan fingerprint density at radius 2 is 1.42 bits per heavy atom. The second-order valence-electron chi connectivity index (χ2n) is 10.2. The summed E-state index contributed by atoms with van der Waals surface area (Å²) in [6, 6.07) is 8.07. The minimum atomic E-state index is -2.00. The minimum absolute atomic E-state index is 0.0748. The molecular weight excluding hydrogens is 356 g/mol. The van der Waals surface area contributed by atoms with Crippen molar-refractivity contribution < 1.29 is 13.6 Å². The first-order chi connectivity index (χ1) is 11.6. The lowest BCUT2D eigenvalue weighted by Crippen LogP contribution is -2.45. The SMILES string of the molecule is CC(C)(C)[Si](C)(C)Oc1ccccc1CC(C=O)O[Si](C)(C)C(C)(C)C. The van der Waals surface area contributed by atoms with Crippen LogP contribution in [0.15, 0.2) is 24.3 Å². The molecule has 0 N–H and O–H groups in total. The standard InChI is InChI=1S/C21H38O3Si2/c1-20(2,3)25(7,8)23-18(16-22)15-17-13-11-12-14-19(17)24-26(9,10)21(4,5)6/h11-14,16,18H,15H2,1-10H3. The molecule has 0 spiro atoms. The topological polar surface area (TPSA) is 35.5 Å².